The highest BCUT2D eigenvalue weighted by molar-refractivity contribution is 5.29. The molecule has 0 aromatic heterocycles. The van der Waals surface area contributed by atoms with Gasteiger partial charge in [0.15, 0.2) is 6.29 Å². The van der Waals surface area contributed by atoms with E-state index in [2.05, 4.69) is 62.4 Å². The molecule has 0 heterocycles. The van der Waals surface area contributed by atoms with Gasteiger partial charge in [0.1, 0.15) is 5.75 Å². The predicted molar refractivity (Wildman–Crippen MR) is 122 cm³/mol. The molecule has 3 rings (SSSR count). The third-order valence-electron chi connectivity index (χ3n) is 6.38. The van der Waals surface area contributed by atoms with Gasteiger partial charge in [-0.3, -0.25) is 0 Å². The molecule has 2 unspecified atom stereocenters. The smallest absolute Gasteiger partial charge is 0.196 e. The molecule has 1 saturated carbocycles. The van der Waals surface area contributed by atoms with Crippen LogP contribution in [0.3, 0.4) is 0 Å². The van der Waals surface area contributed by atoms with Crippen molar-refractivity contribution in [2.45, 2.75) is 90.3 Å². The molecule has 29 heavy (non-hydrogen) atoms. The zero-order valence-corrected chi connectivity index (χ0v) is 18.5. The number of ether oxygens (including phenoxy) is 2. The molecule has 1 fully saturated rings. The summed E-state index contributed by atoms with van der Waals surface area (Å²) in [5.74, 6) is 2.26. The summed E-state index contributed by atoms with van der Waals surface area (Å²) < 4.78 is 11.8. The van der Waals surface area contributed by atoms with Gasteiger partial charge in [0.25, 0.3) is 0 Å². The van der Waals surface area contributed by atoms with Crippen molar-refractivity contribution < 1.29 is 9.47 Å². The SMILES string of the molecule is CCC(C)c1ccc(OC(C)OCCCc2ccc(C3CCCCC3)cc2)cc1. The van der Waals surface area contributed by atoms with Crippen LogP contribution in [0.4, 0.5) is 0 Å². The van der Waals surface area contributed by atoms with Gasteiger partial charge in [-0.25, -0.2) is 0 Å². The predicted octanol–water partition coefficient (Wildman–Crippen LogP) is 7.62. The summed E-state index contributed by atoms with van der Waals surface area (Å²) in [6.45, 7) is 7.17. The summed E-state index contributed by atoms with van der Waals surface area (Å²) in [6.07, 6.45) is 9.95. The van der Waals surface area contributed by atoms with Crippen molar-refractivity contribution in [2.75, 3.05) is 6.61 Å². The van der Waals surface area contributed by atoms with Gasteiger partial charge in [-0.2, -0.15) is 0 Å². The van der Waals surface area contributed by atoms with E-state index >= 15 is 0 Å². The summed E-state index contributed by atoms with van der Waals surface area (Å²) in [5, 5.41) is 0. The minimum Gasteiger partial charge on any atom is -0.465 e. The van der Waals surface area contributed by atoms with Gasteiger partial charge in [-0.1, -0.05) is 69.5 Å². The average molecular weight is 395 g/mol. The molecule has 2 nitrogen and oxygen atoms in total. The van der Waals surface area contributed by atoms with E-state index in [0.717, 1.165) is 37.5 Å². The quantitative estimate of drug-likeness (QED) is 0.305. The van der Waals surface area contributed by atoms with Crippen LogP contribution in [0.15, 0.2) is 48.5 Å². The highest BCUT2D eigenvalue weighted by atomic mass is 16.7. The van der Waals surface area contributed by atoms with Crippen LogP contribution in [0.1, 0.15) is 94.2 Å². The summed E-state index contributed by atoms with van der Waals surface area (Å²) in [4.78, 5) is 0. The molecule has 0 amide bonds. The van der Waals surface area contributed by atoms with Gasteiger partial charge >= 0.3 is 0 Å². The molecule has 0 aliphatic heterocycles. The van der Waals surface area contributed by atoms with Gasteiger partial charge in [-0.15, -0.1) is 0 Å². The third-order valence-corrected chi connectivity index (χ3v) is 6.38. The first kappa shape index (κ1) is 21.9. The molecule has 2 aromatic rings. The maximum Gasteiger partial charge on any atom is 0.196 e. The molecule has 1 aliphatic rings. The molecule has 0 N–H and O–H groups in total. The van der Waals surface area contributed by atoms with Crippen LogP contribution in [0.25, 0.3) is 0 Å². The van der Waals surface area contributed by atoms with Crippen LogP contribution in [0, 0.1) is 0 Å². The Morgan fingerprint density at radius 1 is 0.897 bits per heavy atom. The van der Waals surface area contributed by atoms with E-state index in [9.17, 15) is 0 Å². The van der Waals surface area contributed by atoms with E-state index < -0.39 is 0 Å². The lowest BCUT2D eigenvalue weighted by Crippen LogP contribution is -2.17. The average Bonchev–Trinajstić information content (AvgIpc) is 2.78. The minimum absolute atomic E-state index is 0.224. The Labute approximate surface area is 177 Å². The highest BCUT2D eigenvalue weighted by Crippen LogP contribution is 2.32. The van der Waals surface area contributed by atoms with Gasteiger partial charge in [0.2, 0.25) is 0 Å². The zero-order valence-electron chi connectivity index (χ0n) is 18.5. The van der Waals surface area contributed by atoms with Crippen molar-refractivity contribution >= 4 is 0 Å². The number of aryl methyl sites for hydroxylation is 1. The monoisotopic (exact) mass is 394 g/mol. The normalized spacial score (nSPS) is 17.1. The van der Waals surface area contributed by atoms with E-state index in [1.165, 1.54) is 48.8 Å². The third kappa shape index (κ3) is 6.89. The lowest BCUT2D eigenvalue weighted by atomic mass is 9.84. The molecule has 2 heteroatoms. The van der Waals surface area contributed by atoms with E-state index in [-0.39, 0.29) is 6.29 Å². The van der Waals surface area contributed by atoms with Crippen molar-refractivity contribution in [3.63, 3.8) is 0 Å². The Morgan fingerprint density at radius 3 is 2.24 bits per heavy atom. The van der Waals surface area contributed by atoms with Crippen LogP contribution < -0.4 is 4.74 Å². The van der Waals surface area contributed by atoms with Crippen LogP contribution >= 0.6 is 0 Å². The molecule has 1 aliphatic carbocycles. The second-order valence-corrected chi connectivity index (χ2v) is 8.61. The summed E-state index contributed by atoms with van der Waals surface area (Å²) in [7, 11) is 0. The van der Waals surface area contributed by atoms with Crippen molar-refractivity contribution in [2.24, 2.45) is 0 Å². The molecule has 0 spiro atoms. The van der Waals surface area contributed by atoms with E-state index in [0.29, 0.717) is 5.92 Å². The summed E-state index contributed by atoms with van der Waals surface area (Å²) in [5.41, 5.74) is 4.30. The first-order chi connectivity index (χ1) is 14.2. The lowest BCUT2D eigenvalue weighted by molar-refractivity contribution is -0.0672. The fourth-order valence-electron chi connectivity index (χ4n) is 4.25. The Balaban J connectivity index is 1.35. The Hall–Kier alpha value is -1.80. The number of hydrogen-bond donors (Lipinski definition) is 0. The first-order valence-electron chi connectivity index (χ1n) is 11.6. The van der Waals surface area contributed by atoms with Crippen LogP contribution in [0.2, 0.25) is 0 Å². The number of hydrogen-bond acceptors (Lipinski definition) is 2. The van der Waals surface area contributed by atoms with Crippen molar-refractivity contribution in [1.29, 1.82) is 0 Å². The topological polar surface area (TPSA) is 18.5 Å². The summed E-state index contributed by atoms with van der Waals surface area (Å²) >= 11 is 0. The van der Waals surface area contributed by atoms with Crippen LogP contribution in [-0.2, 0) is 11.2 Å². The zero-order chi connectivity index (χ0) is 20.5. The van der Waals surface area contributed by atoms with Crippen molar-refractivity contribution in [1.82, 2.24) is 0 Å². The highest BCUT2D eigenvalue weighted by Gasteiger charge is 2.15. The van der Waals surface area contributed by atoms with Crippen LogP contribution in [0.5, 0.6) is 5.75 Å². The van der Waals surface area contributed by atoms with E-state index in [4.69, 9.17) is 9.47 Å². The lowest BCUT2D eigenvalue weighted by Gasteiger charge is -2.22. The fraction of sp³-hybridized carbons (Fsp3) is 0.556. The molecule has 0 saturated heterocycles. The maximum atomic E-state index is 5.90. The number of benzene rings is 2. The first-order valence-corrected chi connectivity index (χ1v) is 11.6. The molecular weight excluding hydrogens is 356 g/mol. The van der Waals surface area contributed by atoms with E-state index in [1.54, 1.807) is 0 Å². The Bertz CT molecular complexity index is 698. The second kappa shape index (κ2) is 11.4. The molecular formula is C27H38O2. The van der Waals surface area contributed by atoms with Crippen LogP contribution in [-0.4, -0.2) is 12.9 Å². The largest absolute Gasteiger partial charge is 0.465 e. The molecule has 0 bridgehead atoms. The molecule has 2 aromatic carbocycles. The summed E-state index contributed by atoms with van der Waals surface area (Å²) in [6, 6.07) is 17.7. The standard InChI is InChI=1S/C27H38O2/c1-4-21(2)24-16-18-27(19-17-24)29-22(3)28-20-8-9-23-12-14-26(15-13-23)25-10-6-5-7-11-25/h12-19,21-22,25H,4-11,20H2,1-3H3. The van der Waals surface area contributed by atoms with Gasteiger partial charge in [0.05, 0.1) is 6.61 Å². The maximum absolute atomic E-state index is 5.90. The fourth-order valence-corrected chi connectivity index (χ4v) is 4.25. The van der Waals surface area contributed by atoms with Crippen molar-refractivity contribution in [3.05, 3.63) is 65.2 Å². The molecule has 0 radical (unpaired) electrons. The Kier molecular flexibility index (Phi) is 8.61. The second-order valence-electron chi connectivity index (χ2n) is 8.61. The van der Waals surface area contributed by atoms with E-state index in [1.807, 2.05) is 6.92 Å². The molecule has 158 valence electrons. The van der Waals surface area contributed by atoms with Gasteiger partial charge in [0, 0.05) is 0 Å². The number of rotatable bonds is 10. The van der Waals surface area contributed by atoms with Gasteiger partial charge < -0.3 is 9.47 Å². The van der Waals surface area contributed by atoms with Crippen molar-refractivity contribution in [3.8, 4) is 5.75 Å². The van der Waals surface area contributed by atoms with Gasteiger partial charge in [-0.05, 0) is 79.7 Å². The minimum atomic E-state index is -0.224. The molecule has 2 atom stereocenters. The Morgan fingerprint density at radius 2 is 1.59 bits per heavy atom.